The van der Waals surface area contributed by atoms with Gasteiger partial charge >= 0.3 is 0 Å². The molecule has 0 aliphatic carbocycles. The molecule has 1 aromatic carbocycles. The van der Waals surface area contributed by atoms with Crippen molar-refractivity contribution in [3.8, 4) is 0 Å². The molecule has 0 amide bonds. The standard InChI is InChI=1S/C12H14FN3/c13-12-5-2-1-4-11(12)10(8-14)9-16-7-3-6-15-16/h1-7,10H,8-9,14H2. The van der Waals surface area contributed by atoms with E-state index >= 15 is 0 Å². The largest absolute Gasteiger partial charge is 0.330 e. The zero-order chi connectivity index (χ0) is 11.4. The van der Waals surface area contributed by atoms with E-state index in [9.17, 15) is 4.39 Å². The molecule has 1 heterocycles. The summed E-state index contributed by atoms with van der Waals surface area (Å²) in [5, 5.41) is 4.10. The fourth-order valence-electron chi connectivity index (χ4n) is 1.74. The molecule has 2 aromatic rings. The summed E-state index contributed by atoms with van der Waals surface area (Å²) < 4.78 is 15.3. The summed E-state index contributed by atoms with van der Waals surface area (Å²) in [6.45, 7) is 1.01. The molecule has 0 fully saturated rings. The Hall–Kier alpha value is -1.68. The van der Waals surface area contributed by atoms with Gasteiger partial charge in [-0.05, 0) is 17.7 Å². The van der Waals surface area contributed by atoms with E-state index in [1.807, 2.05) is 18.3 Å². The van der Waals surface area contributed by atoms with Gasteiger partial charge in [0.1, 0.15) is 5.82 Å². The Labute approximate surface area is 93.7 Å². The number of aromatic nitrogens is 2. The SMILES string of the molecule is NCC(Cn1cccn1)c1ccccc1F. The van der Waals surface area contributed by atoms with Gasteiger partial charge in [-0.15, -0.1) is 0 Å². The summed E-state index contributed by atoms with van der Waals surface area (Å²) in [6.07, 6.45) is 3.55. The number of hydrogen-bond acceptors (Lipinski definition) is 2. The van der Waals surface area contributed by atoms with Crippen molar-refractivity contribution in [2.45, 2.75) is 12.5 Å². The van der Waals surface area contributed by atoms with Gasteiger partial charge in [0, 0.05) is 31.4 Å². The molecule has 0 saturated heterocycles. The third kappa shape index (κ3) is 2.28. The molecular weight excluding hydrogens is 205 g/mol. The Morgan fingerprint density at radius 3 is 2.75 bits per heavy atom. The molecular formula is C12H14FN3. The predicted octanol–water partition coefficient (Wildman–Crippen LogP) is 1.76. The Morgan fingerprint density at radius 1 is 1.31 bits per heavy atom. The highest BCUT2D eigenvalue weighted by Gasteiger charge is 2.14. The van der Waals surface area contributed by atoms with Gasteiger partial charge in [-0.2, -0.15) is 5.10 Å². The van der Waals surface area contributed by atoms with Crippen LogP contribution in [0.1, 0.15) is 11.5 Å². The lowest BCUT2D eigenvalue weighted by Crippen LogP contribution is -2.19. The fraction of sp³-hybridized carbons (Fsp3) is 0.250. The van der Waals surface area contributed by atoms with Gasteiger partial charge in [-0.25, -0.2) is 4.39 Å². The highest BCUT2D eigenvalue weighted by Crippen LogP contribution is 2.19. The van der Waals surface area contributed by atoms with Crippen molar-refractivity contribution < 1.29 is 4.39 Å². The lowest BCUT2D eigenvalue weighted by atomic mass is 9.99. The van der Waals surface area contributed by atoms with Crippen molar-refractivity contribution >= 4 is 0 Å². The van der Waals surface area contributed by atoms with Crippen LogP contribution >= 0.6 is 0 Å². The molecule has 4 heteroatoms. The van der Waals surface area contributed by atoms with Crippen LogP contribution in [0.4, 0.5) is 4.39 Å². The van der Waals surface area contributed by atoms with Gasteiger partial charge in [0.2, 0.25) is 0 Å². The van der Waals surface area contributed by atoms with Crippen LogP contribution in [-0.4, -0.2) is 16.3 Å². The van der Waals surface area contributed by atoms with Gasteiger partial charge < -0.3 is 5.73 Å². The number of benzene rings is 1. The van der Waals surface area contributed by atoms with Crippen molar-refractivity contribution in [1.29, 1.82) is 0 Å². The Kier molecular flexibility index (Phi) is 3.31. The maximum atomic E-state index is 13.6. The van der Waals surface area contributed by atoms with Crippen molar-refractivity contribution in [3.63, 3.8) is 0 Å². The zero-order valence-corrected chi connectivity index (χ0v) is 8.88. The molecule has 84 valence electrons. The molecule has 0 spiro atoms. The highest BCUT2D eigenvalue weighted by molar-refractivity contribution is 5.22. The van der Waals surface area contributed by atoms with Gasteiger partial charge in [-0.1, -0.05) is 18.2 Å². The minimum absolute atomic E-state index is 0.0406. The monoisotopic (exact) mass is 219 g/mol. The zero-order valence-electron chi connectivity index (χ0n) is 8.88. The second-order valence-corrected chi connectivity index (χ2v) is 3.68. The van der Waals surface area contributed by atoms with Crippen LogP contribution in [0, 0.1) is 5.82 Å². The molecule has 1 aromatic heterocycles. The first-order valence-corrected chi connectivity index (χ1v) is 5.23. The van der Waals surface area contributed by atoms with Crippen LogP contribution < -0.4 is 5.73 Å². The van der Waals surface area contributed by atoms with Crippen LogP contribution in [0.3, 0.4) is 0 Å². The quantitative estimate of drug-likeness (QED) is 0.851. The van der Waals surface area contributed by atoms with Gasteiger partial charge in [0.25, 0.3) is 0 Å². The van der Waals surface area contributed by atoms with Crippen molar-refractivity contribution in [2.24, 2.45) is 5.73 Å². The van der Waals surface area contributed by atoms with Crippen LogP contribution in [0.5, 0.6) is 0 Å². The van der Waals surface area contributed by atoms with E-state index in [-0.39, 0.29) is 11.7 Å². The van der Waals surface area contributed by atoms with Crippen molar-refractivity contribution in [1.82, 2.24) is 9.78 Å². The second-order valence-electron chi connectivity index (χ2n) is 3.68. The lowest BCUT2D eigenvalue weighted by molar-refractivity contribution is 0.496. The highest BCUT2D eigenvalue weighted by atomic mass is 19.1. The lowest BCUT2D eigenvalue weighted by Gasteiger charge is -2.15. The smallest absolute Gasteiger partial charge is 0.126 e. The first kappa shape index (κ1) is 10.8. The molecule has 0 radical (unpaired) electrons. The topological polar surface area (TPSA) is 43.8 Å². The van der Waals surface area contributed by atoms with Crippen LogP contribution in [0.15, 0.2) is 42.7 Å². The van der Waals surface area contributed by atoms with Crippen LogP contribution in [0.2, 0.25) is 0 Å². The molecule has 0 aliphatic rings. The maximum Gasteiger partial charge on any atom is 0.126 e. The number of halogens is 1. The molecule has 1 atom stereocenters. The summed E-state index contributed by atoms with van der Waals surface area (Å²) in [5.74, 6) is -0.244. The van der Waals surface area contributed by atoms with E-state index in [1.54, 1.807) is 23.0 Å². The minimum atomic E-state index is -0.204. The Bertz CT molecular complexity index is 439. The summed E-state index contributed by atoms with van der Waals surface area (Å²) in [4.78, 5) is 0. The Balaban J connectivity index is 2.20. The van der Waals surface area contributed by atoms with Crippen molar-refractivity contribution in [3.05, 3.63) is 54.1 Å². The summed E-state index contributed by atoms with van der Waals surface area (Å²) in [5.41, 5.74) is 6.34. The molecule has 0 aliphatic heterocycles. The minimum Gasteiger partial charge on any atom is -0.330 e. The van der Waals surface area contributed by atoms with E-state index in [0.717, 1.165) is 0 Å². The van der Waals surface area contributed by atoms with Gasteiger partial charge in [0.05, 0.1) is 0 Å². The first-order chi connectivity index (χ1) is 7.81. The van der Waals surface area contributed by atoms with E-state index in [0.29, 0.717) is 18.7 Å². The fourth-order valence-corrected chi connectivity index (χ4v) is 1.74. The van der Waals surface area contributed by atoms with E-state index in [1.165, 1.54) is 6.07 Å². The third-order valence-electron chi connectivity index (χ3n) is 2.60. The number of nitrogens with zero attached hydrogens (tertiary/aromatic N) is 2. The molecule has 3 nitrogen and oxygen atoms in total. The van der Waals surface area contributed by atoms with Crippen molar-refractivity contribution in [2.75, 3.05) is 6.54 Å². The van der Waals surface area contributed by atoms with E-state index in [2.05, 4.69) is 5.10 Å². The molecule has 16 heavy (non-hydrogen) atoms. The van der Waals surface area contributed by atoms with E-state index in [4.69, 9.17) is 5.73 Å². The normalized spacial score (nSPS) is 12.6. The molecule has 1 unspecified atom stereocenters. The maximum absolute atomic E-state index is 13.6. The summed E-state index contributed by atoms with van der Waals surface area (Å²) >= 11 is 0. The average molecular weight is 219 g/mol. The molecule has 2 rings (SSSR count). The average Bonchev–Trinajstić information content (AvgIpc) is 2.80. The number of nitrogens with two attached hydrogens (primary N) is 1. The summed E-state index contributed by atoms with van der Waals surface area (Å²) in [6, 6.07) is 8.58. The Morgan fingerprint density at radius 2 is 2.12 bits per heavy atom. The molecule has 0 bridgehead atoms. The molecule has 2 N–H and O–H groups in total. The summed E-state index contributed by atoms with van der Waals surface area (Å²) in [7, 11) is 0. The van der Waals surface area contributed by atoms with Gasteiger partial charge in [0.15, 0.2) is 0 Å². The first-order valence-electron chi connectivity index (χ1n) is 5.23. The predicted molar refractivity (Wildman–Crippen MR) is 60.4 cm³/mol. The van der Waals surface area contributed by atoms with Crippen LogP contribution in [0.25, 0.3) is 0 Å². The second kappa shape index (κ2) is 4.90. The third-order valence-corrected chi connectivity index (χ3v) is 2.60. The van der Waals surface area contributed by atoms with Crippen LogP contribution in [-0.2, 0) is 6.54 Å². The number of rotatable bonds is 4. The van der Waals surface area contributed by atoms with E-state index < -0.39 is 0 Å². The number of hydrogen-bond donors (Lipinski definition) is 1. The van der Waals surface area contributed by atoms with Gasteiger partial charge in [-0.3, -0.25) is 4.68 Å². The molecule has 0 saturated carbocycles.